The molecule has 0 spiro atoms. The van der Waals surface area contributed by atoms with E-state index in [0.717, 1.165) is 23.6 Å². The van der Waals surface area contributed by atoms with Crippen LogP contribution in [0.5, 0.6) is 0 Å². The lowest BCUT2D eigenvalue weighted by Crippen LogP contribution is -2.43. The van der Waals surface area contributed by atoms with Crippen molar-refractivity contribution in [2.75, 3.05) is 20.3 Å². The number of hydrogen-bond donors (Lipinski definition) is 0. The van der Waals surface area contributed by atoms with Gasteiger partial charge in [0, 0.05) is 32.6 Å². The lowest BCUT2D eigenvalue weighted by Gasteiger charge is -2.34. The Morgan fingerprint density at radius 3 is 2.83 bits per heavy atom. The van der Waals surface area contributed by atoms with Crippen molar-refractivity contribution in [3.8, 4) is 0 Å². The Labute approximate surface area is 141 Å². The molecule has 0 radical (unpaired) electrons. The largest absolute Gasteiger partial charge is 0.375 e. The van der Waals surface area contributed by atoms with Gasteiger partial charge in [0.15, 0.2) is 0 Å². The van der Waals surface area contributed by atoms with Gasteiger partial charge in [-0.05, 0) is 24.6 Å². The maximum atomic E-state index is 12.1. The summed E-state index contributed by atoms with van der Waals surface area (Å²) in [5, 5.41) is 0. The fraction of sp³-hybridized carbons (Fsp3) is 0.471. The monoisotopic (exact) mass is 330 g/mol. The van der Waals surface area contributed by atoms with E-state index in [1.54, 1.807) is 12.4 Å². The van der Waals surface area contributed by atoms with Crippen LogP contribution in [0.2, 0.25) is 0 Å². The van der Waals surface area contributed by atoms with Gasteiger partial charge in [-0.25, -0.2) is 4.98 Å². The summed E-state index contributed by atoms with van der Waals surface area (Å²) in [5.74, 6) is 0.892. The maximum Gasteiger partial charge on any atom is 0.249 e. The molecule has 1 amide bonds. The number of rotatable bonds is 6. The van der Waals surface area contributed by atoms with Crippen molar-refractivity contribution in [2.24, 2.45) is 0 Å². The molecule has 1 aliphatic rings. The van der Waals surface area contributed by atoms with Gasteiger partial charge in [0.1, 0.15) is 12.4 Å². The van der Waals surface area contributed by atoms with E-state index in [0.29, 0.717) is 19.8 Å². The minimum atomic E-state index is -0.0599. The van der Waals surface area contributed by atoms with Gasteiger partial charge in [0.25, 0.3) is 0 Å². The molecule has 24 heavy (non-hydrogen) atoms. The highest BCUT2D eigenvalue weighted by atomic mass is 16.5. The summed E-state index contributed by atoms with van der Waals surface area (Å²) in [7, 11) is 1.53. The van der Waals surface area contributed by atoms with Gasteiger partial charge in [0.05, 0.1) is 31.1 Å². The van der Waals surface area contributed by atoms with Crippen LogP contribution in [0.3, 0.4) is 0 Å². The van der Waals surface area contributed by atoms with Crippen LogP contribution >= 0.6 is 0 Å². The number of methoxy groups -OCH3 is 1. The number of amides is 1. The first-order valence-corrected chi connectivity index (χ1v) is 8.00. The molecule has 0 unspecified atom stereocenters. The molecule has 3 heterocycles. The zero-order chi connectivity index (χ0) is 16.9. The summed E-state index contributed by atoms with van der Waals surface area (Å²) in [6, 6.07) is 3.82. The number of imidazole rings is 1. The third-order valence-corrected chi connectivity index (χ3v) is 4.23. The average molecular weight is 330 g/mol. The summed E-state index contributed by atoms with van der Waals surface area (Å²) in [5.41, 5.74) is 2.12. The SMILES string of the molecule is COCC(=O)N1CCn2c(COCc3ccncc3)cnc2[C@@H]1C. The predicted molar refractivity (Wildman–Crippen MR) is 87.0 cm³/mol. The van der Waals surface area contributed by atoms with Crippen LogP contribution < -0.4 is 0 Å². The van der Waals surface area contributed by atoms with Gasteiger partial charge in [-0.2, -0.15) is 0 Å². The van der Waals surface area contributed by atoms with Gasteiger partial charge in [-0.1, -0.05) is 0 Å². The number of nitrogens with zero attached hydrogens (tertiary/aromatic N) is 4. The number of fused-ring (bicyclic) bond motifs is 1. The van der Waals surface area contributed by atoms with Crippen molar-refractivity contribution in [1.29, 1.82) is 0 Å². The summed E-state index contributed by atoms with van der Waals surface area (Å²) < 4.78 is 12.9. The molecule has 0 bridgehead atoms. The number of ether oxygens (including phenoxy) is 2. The molecular formula is C17H22N4O3. The Balaban J connectivity index is 1.63. The molecule has 1 atom stereocenters. The zero-order valence-electron chi connectivity index (χ0n) is 14.0. The highest BCUT2D eigenvalue weighted by molar-refractivity contribution is 5.78. The summed E-state index contributed by atoms with van der Waals surface area (Å²) >= 11 is 0. The van der Waals surface area contributed by atoms with E-state index in [4.69, 9.17) is 9.47 Å². The number of carbonyl (C=O) groups is 1. The third-order valence-electron chi connectivity index (χ3n) is 4.23. The molecule has 128 valence electrons. The average Bonchev–Trinajstić information content (AvgIpc) is 3.00. The molecule has 0 N–H and O–H groups in total. The van der Waals surface area contributed by atoms with E-state index in [2.05, 4.69) is 14.5 Å². The van der Waals surface area contributed by atoms with Crippen molar-refractivity contribution in [2.45, 2.75) is 32.7 Å². The molecule has 0 saturated heterocycles. The number of aromatic nitrogens is 3. The topological polar surface area (TPSA) is 69.5 Å². The smallest absolute Gasteiger partial charge is 0.249 e. The van der Waals surface area contributed by atoms with E-state index < -0.39 is 0 Å². The molecule has 0 fully saturated rings. The Morgan fingerprint density at radius 1 is 1.29 bits per heavy atom. The Bertz CT molecular complexity index is 686. The molecule has 3 rings (SSSR count). The van der Waals surface area contributed by atoms with Crippen molar-refractivity contribution in [1.82, 2.24) is 19.4 Å². The van der Waals surface area contributed by atoms with Crippen molar-refractivity contribution < 1.29 is 14.3 Å². The van der Waals surface area contributed by atoms with Crippen LogP contribution in [0, 0.1) is 0 Å². The minimum absolute atomic E-state index is 0.00487. The van der Waals surface area contributed by atoms with Gasteiger partial charge < -0.3 is 18.9 Å². The molecule has 2 aromatic heterocycles. The highest BCUT2D eigenvalue weighted by Crippen LogP contribution is 2.25. The lowest BCUT2D eigenvalue weighted by molar-refractivity contribution is -0.138. The second kappa shape index (κ2) is 7.55. The molecular weight excluding hydrogens is 308 g/mol. The van der Waals surface area contributed by atoms with E-state index in [9.17, 15) is 4.79 Å². The van der Waals surface area contributed by atoms with Crippen molar-refractivity contribution in [3.05, 3.63) is 47.8 Å². The van der Waals surface area contributed by atoms with Crippen LogP contribution in [-0.4, -0.2) is 45.6 Å². The van der Waals surface area contributed by atoms with Crippen LogP contribution in [0.4, 0.5) is 0 Å². The van der Waals surface area contributed by atoms with Crippen LogP contribution in [0.1, 0.15) is 30.0 Å². The van der Waals surface area contributed by atoms with Crippen LogP contribution in [-0.2, 0) is 34.0 Å². The predicted octanol–water partition coefficient (Wildman–Crippen LogP) is 1.54. The Kier molecular flexibility index (Phi) is 5.22. The molecule has 7 heteroatoms. The fourth-order valence-electron chi connectivity index (χ4n) is 2.97. The molecule has 7 nitrogen and oxygen atoms in total. The van der Waals surface area contributed by atoms with Crippen LogP contribution in [0.15, 0.2) is 30.7 Å². The number of pyridine rings is 1. The van der Waals surface area contributed by atoms with E-state index in [1.165, 1.54) is 7.11 Å². The first-order valence-electron chi connectivity index (χ1n) is 8.00. The van der Waals surface area contributed by atoms with E-state index >= 15 is 0 Å². The second-order valence-electron chi connectivity index (χ2n) is 5.80. The first-order chi connectivity index (χ1) is 11.7. The summed E-state index contributed by atoms with van der Waals surface area (Å²) in [6.07, 6.45) is 5.35. The fourth-order valence-corrected chi connectivity index (χ4v) is 2.97. The second-order valence-corrected chi connectivity index (χ2v) is 5.80. The number of carbonyl (C=O) groups excluding carboxylic acids is 1. The maximum absolute atomic E-state index is 12.1. The van der Waals surface area contributed by atoms with Gasteiger partial charge >= 0.3 is 0 Å². The third kappa shape index (κ3) is 3.47. The van der Waals surface area contributed by atoms with E-state index in [-0.39, 0.29) is 18.6 Å². The Hall–Kier alpha value is -2.25. The van der Waals surface area contributed by atoms with Crippen LogP contribution in [0.25, 0.3) is 0 Å². The highest BCUT2D eigenvalue weighted by Gasteiger charge is 2.29. The van der Waals surface area contributed by atoms with Crippen molar-refractivity contribution >= 4 is 5.91 Å². The standard InChI is InChI=1S/C17H22N4O3/c1-13-17-19-9-15(11-24-10-14-3-5-18-6-4-14)21(17)8-7-20(13)16(22)12-23-2/h3-6,9,13H,7-8,10-12H2,1-2H3/t13-/m0/s1. The normalized spacial score (nSPS) is 16.9. The number of hydrogen-bond acceptors (Lipinski definition) is 5. The van der Waals surface area contributed by atoms with Crippen molar-refractivity contribution in [3.63, 3.8) is 0 Å². The summed E-state index contributed by atoms with van der Waals surface area (Å²) in [6.45, 7) is 4.51. The van der Waals surface area contributed by atoms with Gasteiger partial charge in [-0.3, -0.25) is 9.78 Å². The van der Waals surface area contributed by atoms with E-state index in [1.807, 2.05) is 30.2 Å². The zero-order valence-corrected chi connectivity index (χ0v) is 14.0. The molecule has 2 aromatic rings. The quantitative estimate of drug-likeness (QED) is 0.804. The Morgan fingerprint density at radius 2 is 2.08 bits per heavy atom. The molecule has 0 saturated carbocycles. The van der Waals surface area contributed by atoms with Gasteiger partial charge in [0.2, 0.25) is 5.91 Å². The molecule has 0 aliphatic carbocycles. The minimum Gasteiger partial charge on any atom is -0.375 e. The lowest BCUT2D eigenvalue weighted by atomic mass is 10.2. The summed E-state index contributed by atoms with van der Waals surface area (Å²) in [4.78, 5) is 22.4. The van der Waals surface area contributed by atoms with Gasteiger partial charge in [-0.15, -0.1) is 0 Å². The molecule has 0 aromatic carbocycles. The first kappa shape index (κ1) is 16.6. The molecule has 1 aliphatic heterocycles.